The number of carbonyl (C=O) groups excluding carboxylic acids is 2. The van der Waals surface area contributed by atoms with Gasteiger partial charge in [-0.15, -0.1) is 0 Å². The highest BCUT2D eigenvalue weighted by Crippen LogP contribution is 2.47. The molecule has 2 aliphatic heterocycles. The van der Waals surface area contributed by atoms with Crippen LogP contribution in [0, 0.1) is 16.7 Å². The largest absolute Gasteiger partial charge is 0.462 e. The molecule has 2 aliphatic rings. The number of allylic oxidation sites excluding steroid dienone is 1. The molecule has 0 aromatic heterocycles. The lowest BCUT2D eigenvalue weighted by Gasteiger charge is -2.34. The molecule has 0 radical (unpaired) electrons. The van der Waals surface area contributed by atoms with E-state index in [1.807, 2.05) is 6.07 Å². The van der Waals surface area contributed by atoms with Gasteiger partial charge < -0.3 is 24.4 Å². The predicted molar refractivity (Wildman–Crippen MR) is 131 cm³/mol. The van der Waals surface area contributed by atoms with Gasteiger partial charge >= 0.3 is 19.7 Å². The van der Waals surface area contributed by atoms with Crippen molar-refractivity contribution in [3.8, 4) is 11.8 Å². The van der Waals surface area contributed by atoms with Gasteiger partial charge in [0.15, 0.2) is 6.23 Å². The Kier molecular flexibility index (Phi) is 8.79. The first-order chi connectivity index (χ1) is 17.4. The van der Waals surface area contributed by atoms with E-state index < -0.39 is 62.4 Å². The summed E-state index contributed by atoms with van der Waals surface area (Å²) < 4.78 is 35.9. The Labute approximate surface area is 215 Å². The van der Waals surface area contributed by atoms with Crippen molar-refractivity contribution in [1.82, 2.24) is 15.3 Å². The molecule has 0 spiro atoms. The maximum atomic E-state index is 13.7. The lowest BCUT2D eigenvalue weighted by atomic mass is 9.83. The molecule has 12 nitrogen and oxygen atoms in total. The highest BCUT2D eigenvalue weighted by Gasteiger charge is 2.57. The average Bonchev–Trinajstić information content (AvgIpc) is 3.08. The van der Waals surface area contributed by atoms with Gasteiger partial charge in [-0.3, -0.25) is 14.2 Å². The van der Waals surface area contributed by atoms with Crippen molar-refractivity contribution in [1.29, 1.82) is 5.26 Å². The molecule has 2 heterocycles. The van der Waals surface area contributed by atoms with E-state index in [1.165, 1.54) is 26.1 Å². The van der Waals surface area contributed by atoms with Crippen LogP contribution in [-0.2, 0) is 23.4 Å². The van der Waals surface area contributed by atoms with Crippen molar-refractivity contribution in [2.75, 3.05) is 6.61 Å². The van der Waals surface area contributed by atoms with Gasteiger partial charge in [0.25, 0.3) is 0 Å². The number of aliphatic hydroxyl groups is 1. The lowest BCUT2D eigenvalue weighted by molar-refractivity contribution is -0.149. The van der Waals surface area contributed by atoms with Gasteiger partial charge in [-0.25, -0.2) is 9.36 Å². The van der Waals surface area contributed by atoms with Crippen LogP contribution in [0.2, 0.25) is 0 Å². The van der Waals surface area contributed by atoms with Crippen molar-refractivity contribution >= 4 is 19.7 Å². The number of urea groups is 1. The molecule has 3 rings (SSSR count). The first kappa shape index (κ1) is 28.4. The van der Waals surface area contributed by atoms with Crippen LogP contribution in [0.3, 0.4) is 0 Å². The van der Waals surface area contributed by atoms with E-state index >= 15 is 0 Å². The first-order valence-electron chi connectivity index (χ1n) is 11.6. The maximum Gasteiger partial charge on any atom is 0.459 e. The van der Waals surface area contributed by atoms with Crippen molar-refractivity contribution in [3.05, 3.63) is 54.9 Å². The summed E-state index contributed by atoms with van der Waals surface area (Å²) in [6, 6.07) is 8.51. The standard InChI is InChI=1S/C24H31N4O8P/c1-15(2)34-21(30)17(4)27-37(32,36-18-9-7-6-8-10-18)33-13-19-20(29)24(5,14-25)22(35-19)28-12-11-16(3)26-23(28)31/h6-12,15,17,19-20,22,29H,3,13H2,1-2,4-5H3,(H,26,31)(H,27,32)/t17-,19+,20+,22+,24+,37?/m0/s1. The quantitative estimate of drug-likeness (QED) is 0.301. The van der Waals surface area contributed by atoms with Gasteiger partial charge in [0.1, 0.15) is 29.4 Å². The Morgan fingerprint density at radius 2 is 2.05 bits per heavy atom. The summed E-state index contributed by atoms with van der Waals surface area (Å²) in [7, 11) is -4.24. The molecular weight excluding hydrogens is 503 g/mol. The van der Waals surface area contributed by atoms with Crippen LogP contribution in [0.15, 0.2) is 54.9 Å². The van der Waals surface area contributed by atoms with Crippen LogP contribution < -0.4 is 14.9 Å². The molecule has 0 bridgehead atoms. The zero-order valence-corrected chi connectivity index (χ0v) is 21.9. The van der Waals surface area contributed by atoms with Gasteiger partial charge in [-0.05, 0) is 45.9 Å². The van der Waals surface area contributed by atoms with Gasteiger partial charge in [-0.1, -0.05) is 24.8 Å². The van der Waals surface area contributed by atoms with Crippen molar-refractivity contribution in [2.45, 2.75) is 58.3 Å². The average molecular weight is 535 g/mol. The molecule has 1 fully saturated rings. The topological polar surface area (TPSA) is 159 Å². The number of esters is 1. The molecular formula is C24H31N4O8P. The third kappa shape index (κ3) is 6.57. The number of amides is 2. The number of carbonyl (C=O) groups is 2. The monoisotopic (exact) mass is 534 g/mol. The summed E-state index contributed by atoms with van der Waals surface area (Å²) in [6.45, 7) is 9.38. The van der Waals surface area contributed by atoms with E-state index in [0.29, 0.717) is 5.70 Å². The minimum atomic E-state index is -4.24. The molecule has 2 amide bonds. The van der Waals surface area contributed by atoms with Crippen molar-refractivity contribution in [2.24, 2.45) is 5.41 Å². The van der Waals surface area contributed by atoms with Crippen LogP contribution in [0.5, 0.6) is 5.75 Å². The fourth-order valence-corrected chi connectivity index (χ4v) is 5.19. The zero-order chi connectivity index (χ0) is 27.4. The molecule has 1 aromatic carbocycles. The summed E-state index contributed by atoms with van der Waals surface area (Å²) in [5.74, 6) is -0.472. The number of ether oxygens (including phenoxy) is 2. The third-order valence-electron chi connectivity index (χ3n) is 5.65. The molecule has 3 N–H and O–H groups in total. The van der Waals surface area contributed by atoms with Crippen LogP contribution in [0.25, 0.3) is 0 Å². The minimum Gasteiger partial charge on any atom is -0.462 e. The van der Waals surface area contributed by atoms with Crippen molar-refractivity contribution in [3.63, 3.8) is 0 Å². The minimum absolute atomic E-state index is 0.200. The van der Waals surface area contributed by atoms with Crippen LogP contribution in [0.4, 0.5) is 4.79 Å². The number of hydrogen-bond acceptors (Lipinski definition) is 9. The summed E-state index contributed by atoms with van der Waals surface area (Å²) >= 11 is 0. The van der Waals surface area contributed by atoms with Crippen LogP contribution >= 0.6 is 7.75 Å². The number of rotatable bonds is 10. The summed E-state index contributed by atoms with van der Waals surface area (Å²) in [5.41, 5.74) is -1.20. The Bertz CT molecular complexity index is 1140. The van der Waals surface area contributed by atoms with Crippen LogP contribution in [-0.4, -0.2) is 59.2 Å². The molecule has 0 saturated carbocycles. The number of hydrogen-bond donors (Lipinski definition) is 3. The lowest BCUT2D eigenvalue weighted by Crippen LogP contribution is -2.51. The predicted octanol–water partition coefficient (Wildman–Crippen LogP) is 2.79. The number of para-hydroxylation sites is 1. The van der Waals surface area contributed by atoms with Gasteiger partial charge in [0.05, 0.1) is 18.8 Å². The van der Waals surface area contributed by atoms with E-state index in [9.17, 15) is 24.5 Å². The molecule has 200 valence electrons. The molecule has 0 aliphatic carbocycles. The van der Waals surface area contributed by atoms with E-state index in [1.54, 1.807) is 44.2 Å². The molecule has 6 atom stereocenters. The van der Waals surface area contributed by atoms with Gasteiger partial charge in [0.2, 0.25) is 0 Å². The zero-order valence-electron chi connectivity index (χ0n) is 21.0. The molecule has 37 heavy (non-hydrogen) atoms. The SMILES string of the molecule is C=C1C=CN([C@@H]2O[C@H](COP(=O)(N[C@@H](C)C(=O)OC(C)C)Oc3ccccc3)[C@@H](O)[C@@]2(C)C#N)C(=O)N1. The van der Waals surface area contributed by atoms with E-state index in [4.69, 9.17) is 18.5 Å². The Morgan fingerprint density at radius 3 is 2.65 bits per heavy atom. The van der Waals surface area contributed by atoms with Crippen molar-refractivity contribution < 1.29 is 37.8 Å². The number of nitriles is 1. The first-order valence-corrected chi connectivity index (χ1v) is 13.1. The summed E-state index contributed by atoms with van der Waals surface area (Å²) in [4.78, 5) is 25.9. The Morgan fingerprint density at radius 1 is 1.38 bits per heavy atom. The van der Waals surface area contributed by atoms with E-state index in [-0.39, 0.29) is 5.75 Å². The Balaban J connectivity index is 1.80. The normalized spacial score (nSPS) is 27.8. The smallest absolute Gasteiger partial charge is 0.459 e. The second-order valence-corrected chi connectivity index (χ2v) is 10.8. The van der Waals surface area contributed by atoms with E-state index in [0.717, 1.165) is 4.90 Å². The Hall–Kier alpha value is -3.20. The highest BCUT2D eigenvalue weighted by molar-refractivity contribution is 7.52. The second-order valence-electron chi connectivity index (χ2n) is 9.08. The van der Waals surface area contributed by atoms with Gasteiger partial charge in [0, 0.05) is 11.9 Å². The fourth-order valence-electron chi connectivity index (χ4n) is 3.69. The third-order valence-corrected chi connectivity index (χ3v) is 7.29. The highest BCUT2D eigenvalue weighted by atomic mass is 31.2. The summed E-state index contributed by atoms with van der Waals surface area (Å²) in [6.07, 6.45) is -1.27. The fraction of sp³-hybridized carbons (Fsp3) is 0.458. The van der Waals surface area contributed by atoms with Gasteiger partial charge in [-0.2, -0.15) is 10.3 Å². The summed E-state index contributed by atoms with van der Waals surface area (Å²) in [5, 5.41) is 25.9. The molecule has 13 heteroatoms. The molecule has 1 unspecified atom stereocenters. The molecule has 1 saturated heterocycles. The number of nitrogens with zero attached hydrogens (tertiary/aromatic N) is 2. The van der Waals surface area contributed by atoms with Crippen LogP contribution in [0.1, 0.15) is 27.7 Å². The number of benzene rings is 1. The second kappa shape index (κ2) is 11.5. The molecule has 1 aromatic rings. The number of aliphatic hydroxyl groups excluding tert-OH is 1. The van der Waals surface area contributed by atoms with E-state index in [2.05, 4.69) is 17.0 Å². The maximum absolute atomic E-state index is 13.7. The number of nitrogens with one attached hydrogen (secondary N) is 2.